The predicted octanol–water partition coefficient (Wildman–Crippen LogP) is 0.300. The lowest BCUT2D eigenvalue weighted by molar-refractivity contribution is -0.138. The molecule has 1 aromatic rings. The second-order valence-electron chi connectivity index (χ2n) is 6.95. The number of carbonyl (C=O) groups is 1. The maximum atomic E-state index is 12.7. The third kappa shape index (κ3) is 5.88. The van der Waals surface area contributed by atoms with E-state index in [9.17, 15) is 10.1 Å². The topological polar surface area (TPSA) is 68.6 Å². The highest BCUT2D eigenvalue weighted by Crippen LogP contribution is 2.23. The van der Waals surface area contributed by atoms with Gasteiger partial charge < -0.3 is 32.3 Å². The van der Waals surface area contributed by atoms with Gasteiger partial charge >= 0.3 is 0 Å². The van der Waals surface area contributed by atoms with Crippen LogP contribution in [0.4, 0.5) is 11.4 Å². The lowest BCUT2D eigenvalue weighted by Crippen LogP contribution is -3.00. The molecule has 2 atom stereocenters. The van der Waals surface area contributed by atoms with Crippen molar-refractivity contribution < 1.29 is 21.9 Å². The van der Waals surface area contributed by atoms with E-state index in [4.69, 9.17) is 4.74 Å². The summed E-state index contributed by atoms with van der Waals surface area (Å²) in [6.45, 7) is 13.0. The van der Waals surface area contributed by atoms with Crippen LogP contribution in [0.2, 0.25) is 0 Å². The summed E-state index contributed by atoms with van der Waals surface area (Å²) in [6.07, 6.45) is 1.45. The van der Waals surface area contributed by atoms with Gasteiger partial charge in [0.05, 0.1) is 12.2 Å². The fourth-order valence-corrected chi connectivity index (χ4v) is 3.40. The Morgan fingerprint density at radius 2 is 1.93 bits per heavy atom. The van der Waals surface area contributed by atoms with Crippen LogP contribution < -0.4 is 22.6 Å². The van der Waals surface area contributed by atoms with E-state index in [2.05, 4.69) is 36.2 Å². The van der Waals surface area contributed by atoms with Gasteiger partial charge in [0.15, 0.2) is 0 Å². The van der Waals surface area contributed by atoms with Gasteiger partial charge in [0.1, 0.15) is 11.6 Å². The van der Waals surface area contributed by atoms with Crippen LogP contribution in [-0.4, -0.2) is 49.2 Å². The third-order valence-corrected chi connectivity index (χ3v) is 4.77. The molecule has 1 aliphatic heterocycles. The number of hydrogen-bond acceptors (Lipinski definition) is 5. The number of amides is 1. The number of benzene rings is 1. The van der Waals surface area contributed by atoms with E-state index in [1.165, 1.54) is 11.9 Å². The number of rotatable bonds is 6. The largest absolute Gasteiger partial charge is 1.00 e. The highest BCUT2D eigenvalue weighted by molar-refractivity contribution is 5.97. The summed E-state index contributed by atoms with van der Waals surface area (Å²) in [5, 5.41) is 12.6. The fraction of sp³-hybridized carbons (Fsp3) is 0.524. The summed E-state index contributed by atoms with van der Waals surface area (Å²) >= 11 is 0. The molecule has 1 aromatic carbocycles. The van der Waals surface area contributed by atoms with E-state index in [-0.39, 0.29) is 36.1 Å². The van der Waals surface area contributed by atoms with E-state index in [0.717, 1.165) is 24.3 Å². The molecule has 0 bridgehead atoms. The SMILES string of the molecule is CCN(CC)c1ccc(N/C=C(/C#N)C(=O)N2CC(C)OC(C)C2)c(C)c1.[Cl-]. The zero-order valence-electron chi connectivity index (χ0n) is 17.3. The Kier molecular flexibility index (Phi) is 9.30. The van der Waals surface area contributed by atoms with E-state index < -0.39 is 0 Å². The molecule has 1 N–H and O–H groups in total. The third-order valence-electron chi connectivity index (χ3n) is 4.77. The number of nitrogens with zero attached hydrogens (tertiary/aromatic N) is 3. The first-order valence-electron chi connectivity index (χ1n) is 9.56. The van der Waals surface area contributed by atoms with Crippen molar-refractivity contribution >= 4 is 17.3 Å². The van der Waals surface area contributed by atoms with E-state index in [1.54, 1.807) is 4.90 Å². The summed E-state index contributed by atoms with van der Waals surface area (Å²) in [4.78, 5) is 16.6. The number of ether oxygens (including phenoxy) is 1. The van der Waals surface area contributed by atoms with Crippen molar-refractivity contribution in [3.05, 3.63) is 35.5 Å². The first kappa shape index (κ1) is 23.8. The van der Waals surface area contributed by atoms with Gasteiger partial charge in [0.25, 0.3) is 5.91 Å². The summed E-state index contributed by atoms with van der Waals surface area (Å²) in [5.41, 5.74) is 3.22. The smallest absolute Gasteiger partial charge is 0.266 e. The summed E-state index contributed by atoms with van der Waals surface area (Å²) in [7, 11) is 0. The standard InChI is InChI=1S/C21H30N4O2.ClH/c1-6-24(7-2)19-8-9-20(15(3)10-19)23-12-18(11-22)21(26)25-13-16(4)27-17(5)14-25;/h8-10,12,16-17,23H,6-7,13-14H2,1-5H3;1H/p-1/b18-12-;. The zero-order chi connectivity index (χ0) is 20.0. The number of nitrogens with one attached hydrogen (secondary N) is 1. The zero-order valence-corrected chi connectivity index (χ0v) is 18.1. The van der Waals surface area contributed by atoms with Gasteiger partial charge in [-0.1, -0.05) is 0 Å². The molecule has 1 fully saturated rings. The lowest BCUT2D eigenvalue weighted by atomic mass is 10.1. The number of carbonyl (C=O) groups excluding carboxylic acids is 1. The number of aryl methyl sites for hydroxylation is 1. The molecule has 7 heteroatoms. The van der Waals surface area contributed by atoms with Crippen molar-refractivity contribution in [1.29, 1.82) is 5.26 Å². The maximum Gasteiger partial charge on any atom is 0.266 e. The molecule has 0 spiro atoms. The van der Waals surface area contributed by atoms with Crippen LogP contribution in [0, 0.1) is 18.3 Å². The van der Waals surface area contributed by atoms with Crippen LogP contribution >= 0.6 is 0 Å². The van der Waals surface area contributed by atoms with Gasteiger partial charge in [0.2, 0.25) is 0 Å². The van der Waals surface area contributed by atoms with Crippen LogP contribution in [0.5, 0.6) is 0 Å². The van der Waals surface area contributed by atoms with Crippen LogP contribution in [-0.2, 0) is 9.53 Å². The molecule has 0 aliphatic carbocycles. The monoisotopic (exact) mass is 405 g/mol. The first-order valence-corrected chi connectivity index (χ1v) is 9.56. The number of morpholine rings is 1. The number of nitriles is 1. The molecule has 2 unspecified atom stereocenters. The second kappa shape index (κ2) is 10.9. The minimum absolute atomic E-state index is 0. The molecule has 0 aromatic heterocycles. The van der Waals surface area contributed by atoms with E-state index >= 15 is 0 Å². The van der Waals surface area contributed by atoms with Gasteiger partial charge in [0, 0.05) is 43.8 Å². The molecular weight excluding hydrogens is 376 g/mol. The van der Waals surface area contributed by atoms with Crippen LogP contribution in [0.25, 0.3) is 0 Å². The number of anilines is 2. The highest BCUT2D eigenvalue weighted by atomic mass is 35.5. The average Bonchev–Trinajstić information content (AvgIpc) is 2.63. The predicted molar refractivity (Wildman–Crippen MR) is 109 cm³/mol. The van der Waals surface area contributed by atoms with Crippen molar-refractivity contribution in [2.75, 3.05) is 36.4 Å². The Balaban J connectivity index is 0.00000392. The summed E-state index contributed by atoms with van der Waals surface area (Å²) in [5.74, 6) is -0.260. The molecule has 2 rings (SSSR count). The molecule has 0 saturated carbocycles. The van der Waals surface area contributed by atoms with Crippen molar-refractivity contribution in [2.24, 2.45) is 0 Å². The quantitative estimate of drug-likeness (QED) is 0.544. The van der Waals surface area contributed by atoms with Crippen molar-refractivity contribution in [1.82, 2.24) is 4.90 Å². The van der Waals surface area contributed by atoms with Gasteiger partial charge in [-0.05, 0) is 58.4 Å². The van der Waals surface area contributed by atoms with Crippen LogP contribution in [0.3, 0.4) is 0 Å². The fourth-order valence-electron chi connectivity index (χ4n) is 3.40. The summed E-state index contributed by atoms with van der Waals surface area (Å²) in [6, 6.07) is 8.17. The lowest BCUT2D eigenvalue weighted by Gasteiger charge is -2.35. The van der Waals surface area contributed by atoms with Gasteiger partial charge in [-0.25, -0.2) is 0 Å². The number of hydrogen-bond donors (Lipinski definition) is 1. The summed E-state index contributed by atoms with van der Waals surface area (Å²) < 4.78 is 5.66. The molecule has 1 aliphatic rings. The Labute approximate surface area is 174 Å². The highest BCUT2D eigenvalue weighted by Gasteiger charge is 2.27. The molecular formula is C21H30ClN4O2-. The van der Waals surface area contributed by atoms with E-state index in [1.807, 2.05) is 32.9 Å². The Morgan fingerprint density at radius 3 is 2.43 bits per heavy atom. The molecule has 1 amide bonds. The second-order valence-corrected chi connectivity index (χ2v) is 6.95. The van der Waals surface area contributed by atoms with Gasteiger partial charge in [-0.15, -0.1) is 0 Å². The normalized spacial score (nSPS) is 19.4. The molecule has 0 radical (unpaired) electrons. The average molecular weight is 406 g/mol. The number of halogens is 1. The molecule has 6 nitrogen and oxygen atoms in total. The van der Waals surface area contributed by atoms with Crippen molar-refractivity contribution in [3.8, 4) is 6.07 Å². The van der Waals surface area contributed by atoms with Gasteiger partial charge in [-0.2, -0.15) is 5.26 Å². The Morgan fingerprint density at radius 1 is 1.32 bits per heavy atom. The van der Waals surface area contributed by atoms with Crippen molar-refractivity contribution in [3.63, 3.8) is 0 Å². The molecule has 1 saturated heterocycles. The van der Waals surface area contributed by atoms with E-state index in [0.29, 0.717) is 13.1 Å². The minimum Gasteiger partial charge on any atom is -1.00 e. The maximum absolute atomic E-state index is 12.7. The minimum atomic E-state index is -0.260. The molecule has 28 heavy (non-hydrogen) atoms. The Bertz CT molecular complexity index is 730. The van der Waals surface area contributed by atoms with Gasteiger partial charge in [-0.3, -0.25) is 4.79 Å². The van der Waals surface area contributed by atoms with Crippen LogP contribution in [0.1, 0.15) is 33.3 Å². The molecule has 154 valence electrons. The molecule has 1 heterocycles. The van der Waals surface area contributed by atoms with Crippen molar-refractivity contribution in [2.45, 2.75) is 46.8 Å². The van der Waals surface area contributed by atoms with Crippen LogP contribution in [0.15, 0.2) is 30.0 Å². The Hall–Kier alpha value is -2.23. The first-order chi connectivity index (χ1) is 12.9.